The van der Waals surface area contributed by atoms with Gasteiger partial charge in [0, 0.05) is 25.6 Å². The van der Waals surface area contributed by atoms with E-state index in [1.54, 1.807) is 7.11 Å². The average molecular weight is 260 g/mol. The van der Waals surface area contributed by atoms with Crippen LogP contribution in [0, 0.1) is 11.3 Å². The Morgan fingerprint density at radius 3 is 2.35 bits per heavy atom. The third-order valence-electron chi connectivity index (χ3n) is 2.96. The minimum absolute atomic E-state index is 0.0579. The van der Waals surface area contributed by atoms with E-state index in [9.17, 15) is 0 Å². The first kappa shape index (κ1) is 16.8. The summed E-state index contributed by atoms with van der Waals surface area (Å²) in [4.78, 5) is 3.03. The SMILES string of the molecule is COCCN(CCC(C)(C)C(N)=S)CC(C)C. The Labute approximate surface area is 112 Å². The molecule has 0 aromatic rings. The highest BCUT2D eigenvalue weighted by molar-refractivity contribution is 7.80. The summed E-state index contributed by atoms with van der Waals surface area (Å²) in [5.74, 6) is 0.666. The zero-order valence-corrected chi connectivity index (χ0v) is 12.8. The molecule has 2 N–H and O–H groups in total. The summed E-state index contributed by atoms with van der Waals surface area (Å²) in [5.41, 5.74) is 5.69. The second-order valence-electron chi connectivity index (χ2n) is 5.69. The maximum atomic E-state index is 5.75. The lowest BCUT2D eigenvalue weighted by molar-refractivity contribution is 0.134. The molecule has 0 aliphatic rings. The molecule has 0 heterocycles. The van der Waals surface area contributed by atoms with Gasteiger partial charge in [-0.2, -0.15) is 0 Å². The van der Waals surface area contributed by atoms with Crippen molar-refractivity contribution in [3.05, 3.63) is 0 Å². The second-order valence-corrected chi connectivity index (χ2v) is 6.13. The average Bonchev–Trinajstić information content (AvgIpc) is 2.21. The van der Waals surface area contributed by atoms with Crippen LogP contribution in [0.2, 0.25) is 0 Å². The Balaban J connectivity index is 4.19. The summed E-state index contributed by atoms with van der Waals surface area (Å²) < 4.78 is 5.14. The van der Waals surface area contributed by atoms with Crippen molar-refractivity contribution in [2.75, 3.05) is 33.4 Å². The first-order valence-electron chi connectivity index (χ1n) is 6.30. The van der Waals surface area contributed by atoms with Crippen molar-refractivity contribution in [3.8, 4) is 0 Å². The highest BCUT2D eigenvalue weighted by Crippen LogP contribution is 2.21. The van der Waals surface area contributed by atoms with Gasteiger partial charge in [-0.3, -0.25) is 0 Å². The lowest BCUT2D eigenvalue weighted by atomic mass is 9.89. The molecule has 0 amide bonds. The fourth-order valence-corrected chi connectivity index (χ4v) is 1.69. The molecule has 0 unspecified atom stereocenters. The van der Waals surface area contributed by atoms with Gasteiger partial charge in [0.2, 0.25) is 0 Å². The van der Waals surface area contributed by atoms with E-state index in [1.165, 1.54) is 0 Å². The number of ether oxygens (including phenoxy) is 1. The molecule has 0 radical (unpaired) electrons. The van der Waals surface area contributed by atoms with E-state index < -0.39 is 0 Å². The Kier molecular flexibility index (Phi) is 7.92. The monoisotopic (exact) mass is 260 g/mol. The molecule has 102 valence electrons. The number of nitrogens with zero attached hydrogens (tertiary/aromatic N) is 1. The van der Waals surface area contributed by atoms with Crippen molar-refractivity contribution in [3.63, 3.8) is 0 Å². The number of nitrogens with two attached hydrogens (primary N) is 1. The maximum Gasteiger partial charge on any atom is 0.0784 e. The molecule has 17 heavy (non-hydrogen) atoms. The van der Waals surface area contributed by atoms with Gasteiger partial charge in [0.1, 0.15) is 0 Å². The predicted octanol–water partition coefficient (Wildman–Crippen LogP) is 2.29. The van der Waals surface area contributed by atoms with Crippen LogP contribution in [0.15, 0.2) is 0 Å². The van der Waals surface area contributed by atoms with Crippen molar-refractivity contribution >= 4 is 17.2 Å². The van der Waals surface area contributed by atoms with Crippen LogP contribution < -0.4 is 5.73 Å². The fraction of sp³-hybridized carbons (Fsp3) is 0.923. The zero-order chi connectivity index (χ0) is 13.5. The molecule has 0 spiro atoms. The molecule has 0 fully saturated rings. The van der Waals surface area contributed by atoms with Gasteiger partial charge in [0.25, 0.3) is 0 Å². The highest BCUT2D eigenvalue weighted by Gasteiger charge is 2.22. The molecule has 0 rings (SSSR count). The topological polar surface area (TPSA) is 38.5 Å². The molecule has 4 heteroatoms. The van der Waals surface area contributed by atoms with Crippen LogP contribution in [0.1, 0.15) is 34.1 Å². The molecule has 0 aliphatic heterocycles. The fourth-order valence-electron chi connectivity index (χ4n) is 1.59. The summed E-state index contributed by atoms with van der Waals surface area (Å²) in [7, 11) is 1.74. The number of rotatable bonds is 9. The third kappa shape index (κ3) is 7.68. The van der Waals surface area contributed by atoms with Gasteiger partial charge in [-0.15, -0.1) is 0 Å². The standard InChI is InChI=1S/C13H28N2OS/c1-11(2)10-15(8-9-16-5)7-6-13(3,4)12(14)17/h11H,6-10H2,1-5H3,(H2,14,17). The van der Waals surface area contributed by atoms with Crippen molar-refractivity contribution in [2.45, 2.75) is 34.1 Å². The molecule has 0 saturated heterocycles. The molecule has 0 aromatic carbocycles. The molecule has 0 bridgehead atoms. The molecule has 0 aliphatic carbocycles. The largest absolute Gasteiger partial charge is 0.393 e. The van der Waals surface area contributed by atoms with E-state index in [2.05, 4.69) is 32.6 Å². The zero-order valence-electron chi connectivity index (χ0n) is 12.0. The van der Waals surface area contributed by atoms with E-state index in [0.29, 0.717) is 10.9 Å². The lowest BCUT2D eigenvalue weighted by Crippen LogP contribution is -2.37. The predicted molar refractivity (Wildman–Crippen MR) is 78.3 cm³/mol. The van der Waals surface area contributed by atoms with Crippen LogP contribution in [-0.4, -0.2) is 43.2 Å². The first-order valence-corrected chi connectivity index (χ1v) is 6.71. The summed E-state index contributed by atoms with van der Waals surface area (Å²) in [6.07, 6.45) is 0.999. The Bertz CT molecular complexity index is 229. The minimum atomic E-state index is -0.0579. The van der Waals surface area contributed by atoms with Crippen LogP contribution in [-0.2, 0) is 4.74 Å². The number of hydrogen-bond acceptors (Lipinski definition) is 3. The van der Waals surface area contributed by atoms with Gasteiger partial charge in [0.15, 0.2) is 0 Å². The van der Waals surface area contributed by atoms with Crippen molar-refractivity contribution < 1.29 is 4.74 Å². The number of thiocarbonyl (C=S) groups is 1. The van der Waals surface area contributed by atoms with Crippen LogP contribution in [0.3, 0.4) is 0 Å². The Morgan fingerprint density at radius 1 is 1.35 bits per heavy atom. The van der Waals surface area contributed by atoms with Crippen LogP contribution in [0.4, 0.5) is 0 Å². The van der Waals surface area contributed by atoms with Gasteiger partial charge in [0.05, 0.1) is 11.6 Å². The normalized spacial score (nSPS) is 12.4. The highest BCUT2D eigenvalue weighted by atomic mass is 32.1. The minimum Gasteiger partial charge on any atom is -0.393 e. The van der Waals surface area contributed by atoms with Gasteiger partial charge in [-0.1, -0.05) is 39.9 Å². The van der Waals surface area contributed by atoms with E-state index in [4.69, 9.17) is 22.7 Å². The van der Waals surface area contributed by atoms with Crippen molar-refractivity contribution in [1.82, 2.24) is 4.90 Å². The molecule has 3 nitrogen and oxygen atoms in total. The van der Waals surface area contributed by atoms with Crippen molar-refractivity contribution in [1.29, 1.82) is 0 Å². The summed E-state index contributed by atoms with van der Waals surface area (Å²) in [6, 6.07) is 0. The smallest absolute Gasteiger partial charge is 0.0784 e. The summed E-state index contributed by atoms with van der Waals surface area (Å²) >= 11 is 5.09. The van der Waals surface area contributed by atoms with E-state index in [1.807, 2.05) is 0 Å². The Morgan fingerprint density at radius 2 is 1.94 bits per heavy atom. The van der Waals surface area contributed by atoms with Gasteiger partial charge < -0.3 is 15.4 Å². The van der Waals surface area contributed by atoms with Crippen molar-refractivity contribution in [2.24, 2.45) is 17.1 Å². The number of methoxy groups -OCH3 is 1. The van der Waals surface area contributed by atoms with Gasteiger partial charge >= 0.3 is 0 Å². The van der Waals surface area contributed by atoms with Crippen LogP contribution in [0.25, 0.3) is 0 Å². The van der Waals surface area contributed by atoms with Gasteiger partial charge in [-0.05, 0) is 18.9 Å². The van der Waals surface area contributed by atoms with Crippen LogP contribution >= 0.6 is 12.2 Å². The molecular formula is C13H28N2OS. The van der Waals surface area contributed by atoms with E-state index in [-0.39, 0.29) is 5.41 Å². The molecule has 0 aromatic heterocycles. The maximum absolute atomic E-state index is 5.75. The quantitative estimate of drug-likeness (QED) is 0.646. The third-order valence-corrected chi connectivity index (χ3v) is 3.51. The Hall–Kier alpha value is -0.190. The first-order chi connectivity index (χ1) is 7.79. The second kappa shape index (κ2) is 8.01. The summed E-state index contributed by atoms with van der Waals surface area (Å²) in [5, 5.41) is 0. The van der Waals surface area contributed by atoms with Gasteiger partial charge in [-0.25, -0.2) is 0 Å². The molecule has 0 saturated carbocycles. The van der Waals surface area contributed by atoms with Crippen LogP contribution in [0.5, 0.6) is 0 Å². The molecule has 0 atom stereocenters. The van der Waals surface area contributed by atoms with E-state index >= 15 is 0 Å². The van der Waals surface area contributed by atoms with E-state index in [0.717, 1.165) is 32.7 Å². The lowest BCUT2D eigenvalue weighted by Gasteiger charge is -2.29. The summed E-state index contributed by atoms with van der Waals surface area (Å²) in [6.45, 7) is 12.6. The number of hydrogen-bond donors (Lipinski definition) is 1. The molecular weight excluding hydrogens is 232 g/mol.